The van der Waals surface area contributed by atoms with Crippen LogP contribution in [0.1, 0.15) is 41.2 Å². The van der Waals surface area contributed by atoms with Gasteiger partial charge in [-0.3, -0.25) is 0 Å². The summed E-state index contributed by atoms with van der Waals surface area (Å²) in [6.45, 7) is 0. The topological polar surface area (TPSA) is 20.2 Å². The molecular formula is C20H16O. The van der Waals surface area contributed by atoms with Crippen LogP contribution in [0.2, 0.25) is 0 Å². The van der Waals surface area contributed by atoms with Gasteiger partial charge in [0.05, 0.1) is 6.10 Å². The average Bonchev–Trinajstić information content (AvgIpc) is 2.52. The van der Waals surface area contributed by atoms with E-state index in [9.17, 15) is 5.11 Å². The summed E-state index contributed by atoms with van der Waals surface area (Å²) in [5.74, 6) is 2.56. The lowest BCUT2D eigenvalue weighted by molar-refractivity contribution is 0.183. The van der Waals surface area contributed by atoms with Gasteiger partial charge in [-0.15, -0.1) is 12.3 Å². The lowest BCUT2D eigenvalue weighted by atomic mass is 9.79. The molecule has 2 aliphatic carbocycles. The summed E-state index contributed by atoms with van der Waals surface area (Å²) in [7, 11) is 0. The molecule has 0 unspecified atom stereocenters. The first kappa shape index (κ1) is 12.4. The molecule has 0 bridgehead atoms. The van der Waals surface area contributed by atoms with E-state index in [2.05, 4.69) is 42.3 Å². The predicted octanol–water partition coefficient (Wildman–Crippen LogP) is 4.25. The van der Waals surface area contributed by atoms with Crippen molar-refractivity contribution in [1.29, 1.82) is 0 Å². The van der Waals surface area contributed by atoms with Crippen LogP contribution in [0.25, 0.3) is 22.4 Å². The number of hydrogen-bond acceptors (Lipinski definition) is 1. The second-order valence-corrected chi connectivity index (χ2v) is 5.73. The van der Waals surface area contributed by atoms with E-state index in [-0.39, 0.29) is 0 Å². The predicted molar refractivity (Wildman–Crippen MR) is 87.7 cm³/mol. The van der Waals surface area contributed by atoms with Crippen LogP contribution in [0, 0.1) is 12.3 Å². The van der Waals surface area contributed by atoms with Crippen LogP contribution in [0.4, 0.5) is 0 Å². The maximum Gasteiger partial charge on any atom is 0.0902 e. The molecule has 2 aromatic carbocycles. The molecule has 0 saturated carbocycles. The molecule has 1 heteroatoms. The highest BCUT2D eigenvalue weighted by Crippen LogP contribution is 2.42. The Morgan fingerprint density at radius 1 is 1.19 bits per heavy atom. The number of rotatable bonds is 2. The van der Waals surface area contributed by atoms with Gasteiger partial charge in [-0.1, -0.05) is 42.5 Å². The maximum atomic E-state index is 10.3. The summed E-state index contributed by atoms with van der Waals surface area (Å²) in [6.07, 6.45) is 13.8. The largest absolute Gasteiger partial charge is 0.387 e. The van der Waals surface area contributed by atoms with Crippen molar-refractivity contribution in [1.82, 2.24) is 0 Å². The summed E-state index contributed by atoms with van der Waals surface area (Å²) in [5, 5.41) is 12.9. The summed E-state index contributed by atoms with van der Waals surface area (Å²) >= 11 is 0. The van der Waals surface area contributed by atoms with Gasteiger partial charge in [0.1, 0.15) is 0 Å². The molecule has 0 saturated heterocycles. The highest BCUT2D eigenvalue weighted by molar-refractivity contribution is 6.03. The fourth-order valence-corrected chi connectivity index (χ4v) is 3.59. The van der Waals surface area contributed by atoms with Crippen LogP contribution >= 0.6 is 0 Å². The normalized spacial score (nSPS) is 16.5. The van der Waals surface area contributed by atoms with Crippen LogP contribution in [0.3, 0.4) is 0 Å². The zero-order valence-electron chi connectivity index (χ0n) is 11.8. The third kappa shape index (κ3) is 1.77. The molecule has 102 valence electrons. The Labute approximate surface area is 124 Å². The van der Waals surface area contributed by atoms with E-state index < -0.39 is 6.10 Å². The first-order chi connectivity index (χ1) is 10.3. The third-order valence-electron chi connectivity index (χ3n) is 4.54. The standard InChI is InChI=1S/C20H16O/c1-2-4-18(21)16-11-9-15-8-7-13-5-3-6-14-10-12-17(16)20(15)19(13)14/h1,3,5,7-11,18,21H,4,6,12H2/t18-/m1/s1. The van der Waals surface area contributed by atoms with Crippen molar-refractivity contribution in [3.8, 4) is 12.3 Å². The zero-order valence-corrected chi connectivity index (χ0v) is 11.8. The minimum atomic E-state index is -0.570. The number of terminal acetylenes is 1. The molecule has 2 aliphatic rings. The Kier molecular flexibility index (Phi) is 2.74. The molecule has 0 amide bonds. The van der Waals surface area contributed by atoms with E-state index in [1.807, 2.05) is 6.07 Å². The van der Waals surface area contributed by atoms with Crippen LogP contribution in [0.15, 0.2) is 36.4 Å². The molecule has 21 heavy (non-hydrogen) atoms. The fourth-order valence-electron chi connectivity index (χ4n) is 3.59. The second kappa shape index (κ2) is 4.62. The van der Waals surface area contributed by atoms with Crippen LogP contribution < -0.4 is 0 Å². The van der Waals surface area contributed by atoms with E-state index >= 15 is 0 Å². The number of hydrogen-bond donors (Lipinski definition) is 1. The molecule has 1 atom stereocenters. The molecular weight excluding hydrogens is 256 g/mol. The van der Waals surface area contributed by atoms with E-state index in [0.29, 0.717) is 6.42 Å². The highest BCUT2D eigenvalue weighted by atomic mass is 16.3. The number of aliphatic hydroxyl groups is 1. The van der Waals surface area contributed by atoms with E-state index in [4.69, 9.17) is 6.42 Å². The van der Waals surface area contributed by atoms with Crippen molar-refractivity contribution in [2.24, 2.45) is 0 Å². The monoisotopic (exact) mass is 272 g/mol. The SMILES string of the molecule is C#CC[C@@H](O)c1ccc2ccc3c4c2c1CC=C4CC=C3. The fraction of sp³-hybridized carbons (Fsp3) is 0.200. The first-order valence-corrected chi connectivity index (χ1v) is 7.35. The Hall–Kier alpha value is -2.30. The second-order valence-electron chi connectivity index (χ2n) is 5.73. The molecule has 0 radical (unpaired) electrons. The van der Waals surface area contributed by atoms with Crippen molar-refractivity contribution in [2.75, 3.05) is 0 Å². The molecule has 1 nitrogen and oxygen atoms in total. The van der Waals surface area contributed by atoms with Crippen molar-refractivity contribution < 1.29 is 5.11 Å². The van der Waals surface area contributed by atoms with Crippen molar-refractivity contribution in [3.05, 3.63) is 58.7 Å². The maximum absolute atomic E-state index is 10.3. The van der Waals surface area contributed by atoms with E-state index in [1.54, 1.807) is 0 Å². The van der Waals surface area contributed by atoms with Crippen molar-refractivity contribution in [3.63, 3.8) is 0 Å². The van der Waals surface area contributed by atoms with Crippen LogP contribution in [0.5, 0.6) is 0 Å². The molecule has 0 spiro atoms. The lowest BCUT2D eigenvalue weighted by Crippen LogP contribution is -2.08. The summed E-state index contributed by atoms with van der Waals surface area (Å²) < 4.78 is 0. The van der Waals surface area contributed by atoms with Gasteiger partial charge in [-0.2, -0.15) is 0 Å². The van der Waals surface area contributed by atoms with Gasteiger partial charge in [-0.25, -0.2) is 0 Å². The van der Waals surface area contributed by atoms with Crippen LogP contribution in [-0.2, 0) is 6.42 Å². The van der Waals surface area contributed by atoms with Crippen LogP contribution in [-0.4, -0.2) is 5.11 Å². The van der Waals surface area contributed by atoms with Gasteiger partial charge in [0.2, 0.25) is 0 Å². The molecule has 0 aromatic heterocycles. The Morgan fingerprint density at radius 2 is 2.05 bits per heavy atom. The van der Waals surface area contributed by atoms with Gasteiger partial charge in [0.25, 0.3) is 0 Å². The van der Waals surface area contributed by atoms with Gasteiger partial charge < -0.3 is 5.11 Å². The lowest BCUT2D eigenvalue weighted by Gasteiger charge is -2.26. The number of allylic oxidation sites excluding steroid dienone is 3. The Bertz CT molecular complexity index is 846. The highest BCUT2D eigenvalue weighted by Gasteiger charge is 2.23. The first-order valence-electron chi connectivity index (χ1n) is 7.35. The average molecular weight is 272 g/mol. The molecule has 4 rings (SSSR count). The smallest absolute Gasteiger partial charge is 0.0902 e. The van der Waals surface area contributed by atoms with Gasteiger partial charge in [-0.05, 0) is 51.4 Å². The van der Waals surface area contributed by atoms with E-state index in [0.717, 1.165) is 18.4 Å². The summed E-state index contributed by atoms with van der Waals surface area (Å²) in [4.78, 5) is 0. The minimum Gasteiger partial charge on any atom is -0.387 e. The Balaban J connectivity index is 2.05. The quantitative estimate of drug-likeness (QED) is 0.810. The summed E-state index contributed by atoms with van der Waals surface area (Å²) in [5.41, 5.74) is 6.27. The molecule has 0 heterocycles. The number of benzene rings is 2. The number of aliphatic hydroxyl groups excluding tert-OH is 1. The van der Waals surface area contributed by atoms with Gasteiger partial charge in [0, 0.05) is 6.42 Å². The molecule has 1 N–H and O–H groups in total. The van der Waals surface area contributed by atoms with E-state index in [1.165, 1.54) is 33.0 Å². The third-order valence-corrected chi connectivity index (χ3v) is 4.54. The Morgan fingerprint density at radius 3 is 2.90 bits per heavy atom. The molecule has 2 aromatic rings. The zero-order chi connectivity index (χ0) is 14.4. The van der Waals surface area contributed by atoms with Gasteiger partial charge in [0.15, 0.2) is 0 Å². The molecule has 0 fully saturated rings. The minimum absolute atomic E-state index is 0.365. The van der Waals surface area contributed by atoms with Gasteiger partial charge >= 0.3 is 0 Å². The molecule has 0 aliphatic heterocycles. The van der Waals surface area contributed by atoms with Crippen molar-refractivity contribution in [2.45, 2.75) is 25.4 Å². The summed E-state index contributed by atoms with van der Waals surface area (Å²) in [6, 6.07) is 8.50. The van der Waals surface area contributed by atoms with Crippen molar-refractivity contribution >= 4 is 22.4 Å².